The van der Waals surface area contributed by atoms with Crippen molar-refractivity contribution >= 4 is 17.7 Å². The second-order valence-electron chi connectivity index (χ2n) is 7.57. The highest BCUT2D eigenvalue weighted by Gasteiger charge is 2.21. The fraction of sp³-hybridized carbons (Fsp3) is 0.458. The van der Waals surface area contributed by atoms with Gasteiger partial charge in [0, 0.05) is 28.8 Å². The number of benzene rings is 2. The maximum atomic E-state index is 11.7. The van der Waals surface area contributed by atoms with Gasteiger partial charge in [-0.25, -0.2) is 0 Å². The lowest BCUT2D eigenvalue weighted by molar-refractivity contribution is -0.122. The normalized spacial score (nSPS) is 15.0. The maximum Gasteiger partial charge on any atom is 0.257 e. The number of likely N-dealkylation sites (tertiary alicyclic amines) is 1. The zero-order valence-electron chi connectivity index (χ0n) is 18.1. The molecule has 0 unspecified atom stereocenters. The molecule has 1 aliphatic rings. The van der Waals surface area contributed by atoms with Crippen molar-refractivity contribution in [2.75, 3.05) is 33.4 Å². The highest BCUT2D eigenvalue weighted by molar-refractivity contribution is 8.00. The number of aryl methyl sites for hydroxylation is 1. The molecule has 0 aliphatic carbocycles. The van der Waals surface area contributed by atoms with Crippen LogP contribution in [0.3, 0.4) is 0 Å². The van der Waals surface area contributed by atoms with Crippen LogP contribution >= 0.6 is 11.8 Å². The molecule has 1 saturated heterocycles. The van der Waals surface area contributed by atoms with Crippen molar-refractivity contribution < 1.29 is 14.3 Å². The van der Waals surface area contributed by atoms with E-state index in [1.54, 1.807) is 7.11 Å². The van der Waals surface area contributed by atoms with Gasteiger partial charge in [-0.1, -0.05) is 18.2 Å². The summed E-state index contributed by atoms with van der Waals surface area (Å²) in [6, 6.07) is 14.4. The first kappa shape index (κ1) is 22.5. The monoisotopic (exact) mass is 428 g/mol. The van der Waals surface area contributed by atoms with E-state index in [0.29, 0.717) is 17.5 Å². The van der Waals surface area contributed by atoms with Crippen molar-refractivity contribution in [3.63, 3.8) is 0 Å². The summed E-state index contributed by atoms with van der Waals surface area (Å²) in [7, 11) is 1.69. The van der Waals surface area contributed by atoms with Crippen LogP contribution in [-0.4, -0.2) is 49.4 Å². The van der Waals surface area contributed by atoms with E-state index in [1.807, 2.05) is 36.9 Å². The summed E-state index contributed by atoms with van der Waals surface area (Å²) in [6.45, 7) is 7.67. The smallest absolute Gasteiger partial charge is 0.257 e. The van der Waals surface area contributed by atoms with Gasteiger partial charge < -0.3 is 14.8 Å². The van der Waals surface area contributed by atoms with Gasteiger partial charge in [-0.05, 0) is 69.6 Å². The van der Waals surface area contributed by atoms with E-state index in [-0.39, 0.29) is 12.5 Å². The van der Waals surface area contributed by atoms with E-state index >= 15 is 0 Å². The minimum atomic E-state index is -0.108. The highest BCUT2D eigenvalue weighted by Crippen LogP contribution is 2.33. The molecule has 0 spiro atoms. The third kappa shape index (κ3) is 6.41. The topological polar surface area (TPSA) is 50.8 Å². The summed E-state index contributed by atoms with van der Waals surface area (Å²) in [5.74, 6) is 1.45. The van der Waals surface area contributed by atoms with E-state index in [4.69, 9.17) is 9.47 Å². The fourth-order valence-electron chi connectivity index (χ4n) is 3.66. The summed E-state index contributed by atoms with van der Waals surface area (Å²) in [5, 5.41) is 3.41. The van der Waals surface area contributed by atoms with Crippen LogP contribution < -0.4 is 14.8 Å². The SMILES string of the molecule is CCNC(=O)COc1ccc(OC)c(CN2CCC(Sc3ccccc3C)CC2)c1. The Balaban J connectivity index is 1.55. The number of nitrogens with zero attached hydrogens (tertiary/aromatic N) is 1. The third-order valence-corrected chi connectivity index (χ3v) is 6.83. The van der Waals surface area contributed by atoms with Crippen molar-refractivity contribution in [2.24, 2.45) is 0 Å². The standard InChI is InChI=1S/C24H32N2O3S/c1-4-25-24(27)17-29-20-9-10-22(28-3)19(15-20)16-26-13-11-21(12-14-26)30-23-8-6-5-7-18(23)2/h5-10,15,21H,4,11-14,16-17H2,1-3H3,(H,25,27). The zero-order chi connectivity index (χ0) is 21.3. The highest BCUT2D eigenvalue weighted by atomic mass is 32.2. The van der Waals surface area contributed by atoms with E-state index in [1.165, 1.54) is 23.3 Å². The first-order valence-corrected chi connectivity index (χ1v) is 11.5. The number of likely N-dealkylation sites (N-methyl/N-ethyl adjacent to an activating group) is 1. The quantitative estimate of drug-likeness (QED) is 0.646. The Labute approximate surface area is 184 Å². The maximum absolute atomic E-state index is 11.7. The molecule has 1 aliphatic heterocycles. The van der Waals surface area contributed by atoms with E-state index in [2.05, 4.69) is 41.4 Å². The molecule has 0 saturated carbocycles. The van der Waals surface area contributed by atoms with Crippen molar-refractivity contribution in [3.05, 3.63) is 53.6 Å². The average Bonchev–Trinajstić information content (AvgIpc) is 2.75. The number of thioether (sulfide) groups is 1. The molecule has 0 bridgehead atoms. The molecule has 0 atom stereocenters. The molecule has 1 N–H and O–H groups in total. The Hall–Kier alpha value is -2.18. The number of amides is 1. The summed E-state index contributed by atoms with van der Waals surface area (Å²) in [5.41, 5.74) is 2.45. The van der Waals surface area contributed by atoms with Crippen LogP contribution in [0.15, 0.2) is 47.4 Å². The second-order valence-corrected chi connectivity index (χ2v) is 8.92. The lowest BCUT2D eigenvalue weighted by Crippen LogP contribution is -2.34. The van der Waals surface area contributed by atoms with Gasteiger partial charge in [0.2, 0.25) is 0 Å². The summed E-state index contributed by atoms with van der Waals surface area (Å²) < 4.78 is 11.2. The number of hydrogen-bond donors (Lipinski definition) is 1. The van der Waals surface area contributed by atoms with Crippen LogP contribution in [0.5, 0.6) is 11.5 Å². The van der Waals surface area contributed by atoms with Crippen LogP contribution in [0.4, 0.5) is 0 Å². The van der Waals surface area contributed by atoms with Gasteiger partial charge in [-0.2, -0.15) is 0 Å². The molecule has 30 heavy (non-hydrogen) atoms. The van der Waals surface area contributed by atoms with Crippen LogP contribution in [0, 0.1) is 6.92 Å². The van der Waals surface area contributed by atoms with Crippen molar-refractivity contribution in [2.45, 2.75) is 43.4 Å². The molecular weight excluding hydrogens is 396 g/mol. The number of hydrogen-bond acceptors (Lipinski definition) is 5. The molecule has 3 rings (SSSR count). The van der Waals surface area contributed by atoms with Crippen LogP contribution in [-0.2, 0) is 11.3 Å². The molecule has 1 heterocycles. The van der Waals surface area contributed by atoms with Crippen molar-refractivity contribution in [1.29, 1.82) is 0 Å². The fourth-order valence-corrected chi connectivity index (χ4v) is 4.88. The Morgan fingerprint density at radius 3 is 2.67 bits per heavy atom. The number of carbonyl (C=O) groups is 1. The molecule has 5 nitrogen and oxygen atoms in total. The van der Waals surface area contributed by atoms with Gasteiger partial charge >= 0.3 is 0 Å². The predicted molar refractivity (Wildman–Crippen MR) is 123 cm³/mol. The number of piperidine rings is 1. The number of rotatable bonds is 9. The first-order valence-electron chi connectivity index (χ1n) is 10.6. The average molecular weight is 429 g/mol. The summed E-state index contributed by atoms with van der Waals surface area (Å²) in [6.07, 6.45) is 2.35. The van der Waals surface area contributed by atoms with Crippen LogP contribution in [0.25, 0.3) is 0 Å². The van der Waals surface area contributed by atoms with Gasteiger partial charge in [0.25, 0.3) is 5.91 Å². The summed E-state index contributed by atoms with van der Waals surface area (Å²) in [4.78, 5) is 15.5. The lowest BCUT2D eigenvalue weighted by Gasteiger charge is -2.32. The number of carbonyl (C=O) groups excluding carboxylic acids is 1. The Bertz CT molecular complexity index is 835. The zero-order valence-corrected chi connectivity index (χ0v) is 19.0. The molecule has 1 fully saturated rings. The number of methoxy groups -OCH3 is 1. The van der Waals surface area contributed by atoms with Gasteiger partial charge in [-0.3, -0.25) is 9.69 Å². The Morgan fingerprint density at radius 1 is 1.20 bits per heavy atom. The van der Waals surface area contributed by atoms with Gasteiger partial charge in [-0.15, -0.1) is 11.8 Å². The molecule has 6 heteroatoms. The van der Waals surface area contributed by atoms with E-state index in [9.17, 15) is 4.79 Å². The lowest BCUT2D eigenvalue weighted by atomic mass is 10.1. The predicted octanol–water partition coefficient (Wildman–Crippen LogP) is 4.28. The molecule has 2 aromatic rings. The molecule has 0 aromatic heterocycles. The summed E-state index contributed by atoms with van der Waals surface area (Å²) >= 11 is 2.01. The second kappa shape index (κ2) is 11.3. The third-order valence-electron chi connectivity index (χ3n) is 5.31. The van der Waals surface area contributed by atoms with Gasteiger partial charge in [0.1, 0.15) is 11.5 Å². The number of ether oxygens (including phenoxy) is 2. The van der Waals surface area contributed by atoms with Gasteiger partial charge in [0.15, 0.2) is 6.61 Å². The first-order chi connectivity index (χ1) is 14.6. The van der Waals surface area contributed by atoms with Crippen molar-refractivity contribution in [1.82, 2.24) is 10.2 Å². The minimum absolute atomic E-state index is 0.0289. The molecule has 162 valence electrons. The molecule has 0 radical (unpaired) electrons. The van der Waals surface area contributed by atoms with Crippen molar-refractivity contribution in [3.8, 4) is 11.5 Å². The van der Waals surface area contributed by atoms with E-state index in [0.717, 1.165) is 30.9 Å². The van der Waals surface area contributed by atoms with Crippen LogP contribution in [0.1, 0.15) is 30.9 Å². The van der Waals surface area contributed by atoms with Crippen LogP contribution in [0.2, 0.25) is 0 Å². The van der Waals surface area contributed by atoms with E-state index < -0.39 is 0 Å². The molecule has 1 amide bonds. The largest absolute Gasteiger partial charge is 0.496 e. The molecule has 2 aromatic carbocycles. The molecular formula is C24H32N2O3S. The van der Waals surface area contributed by atoms with Gasteiger partial charge in [0.05, 0.1) is 7.11 Å². The Kier molecular flexibility index (Phi) is 8.46. The number of nitrogens with one attached hydrogen (secondary N) is 1. The Morgan fingerprint density at radius 2 is 1.97 bits per heavy atom. The minimum Gasteiger partial charge on any atom is -0.496 e.